The molecule has 0 atom stereocenters. The van der Waals surface area contributed by atoms with Crippen molar-refractivity contribution in [3.63, 3.8) is 0 Å². The maximum Gasteiger partial charge on any atom is 1.00 e. The second-order valence-electron chi connectivity index (χ2n) is 5.47. The fourth-order valence-electron chi connectivity index (χ4n) is 1.99. The Morgan fingerprint density at radius 3 is 1.45 bits per heavy atom. The number of aromatic hydroxyl groups is 2. The molecule has 0 fully saturated rings. The molecule has 2 aromatic carbocycles. The summed E-state index contributed by atoms with van der Waals surface area (Å²) in [4.78, 5) is 10.1. The van der Waals surface area contributed by atoms with Gasteiger partial charge >= 0.3 is 35.6 Å². The van der Waals surface area contributed by atoms with Crippen LogP contribution in [0.15, 0.2) is 56.4 Å². The van der Waals surface area contributed by atoms with Gasteiger partial charge in [0, 0.05) is 0 Å². The average molecular weight is 481 g/mol. The number of carbonyl (C=O) groups excluding carboxylic acids is 1. The van der Waals surface area contributed by atoms with Crippen LogP contribution in [-0.4, -0.2) is 54.6 Å². The summed E-state index contributed by atoms with van der Waals surface area (Å²) < 4.78 is 62.4. The van der Waals surface area contributed by atoms with Crippen LogP contribution < -0.4 is 40.4 Å². The molecule has 0 aliphatic carbocycles. The van der Waals surface area contributed by atoms with E-state index in [4.69, 9.17) is 9.11 Å². The number of amides is 2. The minimum atomic E-state index is -4.65. The third-order valence-electron chi connectivity index (χ3n) is 3.28. The van der Waals surface area contributed by atoms with E-state index in [2.05, 4.69) is 10.2 Å². The van der Waals surface area contributed by atoms with E-state index >= 15 is 0 Å². The Kier molecular flexibility index (Phi) is 9.12. The van der Waals surface area contributed by atoms with Crippen LogP contribution >= 0.6 is 0 Å². The summed E-state index contributed by atoms with van der Waals surface area (Å²) in [6, 6.07) is 5.46. The van der Waals surface area contributed by atoms with Crippen molar-refractivity contribution in [2.75, 3.05) is 0 Å². The normalized spacial score (nSPS) is 11.9. The van der Waals surface area contributed by atoms with Crippen molar-refractivity contribution in [3.8, 4) is 11.5 Å². The predicted octanol–water partition coefficient (Wildman–Crippen LogP) is -2.74. The molecule has 0 aliphatic heterocycles. The van der Waals surface area contributed by atoms with Crippen molar-refractivity contribution >= 4 is 38.7 Å². The number of nitrogens with zero attached hydrogens (tertiary/aromatic N) is 2. The number of nitrogens with one attached hydrogen (secondary N) is 2. The number of hydrogen-bond acceptors (Lipinski definition) is 9. The molecule has 0 bridgehead atoms. The summed E-state index contributed by atoms with van der Waals surface area (Å²) in [5, 5.41) is 25.9. The third kappa shape index (κ3) is 7.91. The minimum absolute atomic E-state index is 0. The smallest absolute Gasteiger partial charge is 0.506 e. The first-order valence-corrected chi connectivity index (χ1v) is 10.5. The molecule has 2 rings (SSSR count). The zero-order valence-corrected chi connectivity index (χ0v) is 19.3. The van der Waals surface area contributed by atoms with Crippen molar-refractivity contribution < 1.29 is 70.5 Å². The molecule has 13 nitrogen and oxygen atoms in total. The van der Waals surface area contributed by atoms with Gasteiger partial charge in [0.25, 0.3) is 20.2 Å². The van der Waals surface area contributed by atoms with Crippen molar-refractivity contribution in [1.82, 2.24) is 10.9 Å². The van der Waals surface area contributed by atoms with Crippen molar-refractivity contribution in [2.24, 2.45) is 10.2 Å². The monoisotopic (exact) mass is 481 g/mol. The largest absolute Gasteiger partial charge is 1.00 e. The SMILES string of the molecule is O=C(N/N=C\c1ccc(O)c(S(=O)(=O)O)c1)N/N=C/c1ccc(O)c(S(=O)(=O)O)c1.[Na+]. The fraction of sp³-hybridized carbons (Fsp3) is 0. The van der Waals surface area contributed by atoms with Crippen molar-refractivity contribution in [3.05, 3.63) is 47.5 Å². The van der Waals surface area contributed by atoms with E-state index in [1.54, 1.807) is 0 Å². The van der Waals surface area contributed by atoms with Gasteiger partial charge in [-0.15, -0.1) is 0 Å². The van der Waals surface area contributed by atoms with E-state index < -0.39 is 47.6 Å². The molecule has 0 unspecified atom stereocenters. The second kappa shape index (κ2) is 10.7. The van der Waals surface area contributed by atoms with E-state index in [-0.39, 0.29) is 40.7 Å². The van der Waals surface area contributed by atoms with E-state index in [0.29, 0.717) is 0 Å². The topological polar surface area (TPSA) is 215 Å². The molecule has 0 spiro atoms. The quantitative estimate of drug-likeness (QED) is 0.109. The maximum absolute atomic E-state index is 11.6. The Balaban J connectivity index is 0.00000480. The van der Waals surface area contributed by atoms with Gasteiger partial charge in [0.15, 0.2) is 0 Å². The molecule has 2 amide bonds. The van der Waals surface area contributed by atoms with Crippen molar-refractivity contribution in [1.29, 1.82) is 0 Å². The molecule has 2 aromatic rings. The molecule has 0 radical (unpaired) electrons. The minimum Gasteiger partial charge on any atom is -0.506 e. The van der Waals surface area contributed by atoms with Crippen LogP contribution in [0.25, 0.3) is 0 Å². The fourth-order valence-corrected chi connectivity index (χ4v) is 3.23. The van der Waals surface area contributed by atoms with E-state index in [1.165, 1.54) is 12.1 Å². The Hall–Kier alpha value is -2.53. The van der Waals surface area contributed by atoms with Crippen molar-refractivity contribution in [2.45, 2.75) is 9.79 Å². The molecule has 31 heavy (non-hydrogen) atoms. The van der Waals surface area contributed by atoms with Crippen LogP contribution in [0.5, 0.6) is 11.5 Å². The number of rotatable bonds is 6. The summed E-state index contributed by atoms with van der Waals surface area (Å²) >= 11 is 0. The molecule has 0 heterocycles. The third-order valence-corrected chi connectivity index (χ3v) is 5.05. The van der Waals surface area contributed by atoms with Gasteiger partial charge in [0.05, 0.1) is 12.4 Å². The average Bonchev–Trinajstić information content (AvgIpc) is 2.62. The Labute approximate surface area is 198 Å². The van der Waals surface area contributed by atoms with Gasteiger partial charge in [-0.05, 0) is 47.5 Å². The van der Waals surface area contributed by atoms with Gasteiger partial charge in [0.1, 0.15) is 21.3 Å². The molecule has 6 N–H and O–H groups in total. The summed E-state index contributed by atoms with van der Waals surface area (Å²) in [5.41, 5.74) is 4.24. The number of urea groups is 1. The summed E-state index contributed by atoms with van der Waals surface area (Å²) in [5.74, 6) is -1.33. The first-order chi connectivity index (χ1) is 13.9. The standard InChI is InChI=1S/C15H14N4O9S2.Na/c20-11-3-1-9(5-13(11)29(23,24)25)7-16-18-15(22)19-17-8-10-2-4-12(21)14(6-10)30(26,27)28;/h1-8,20-21H,(H2,18,19,22)(H,23,24,25)(H,26,27,28);/q;+1/b16-7-,17-8+;. The first-order valence-electron chi connectivity index (χ1n) is 7.61. The predicted molar refractivity (Wildman–Crippen MR) is 103 cm³/mol. The van der Waals surface area contributed by atoms with Crippen LogP contribution in [0.3, 0.4) is 0 Å². The van der Waals surface area contributed by atoms with Crippen LogP contribution in [0.1, 0.15) is 11.1 Å². The Bertz CT molecular complexity index is 1150. The Morgan fingerprint density at radius 1 is 0.774 bits per heavy atom. The van der Waals surface area contributed by atoms with Gasteiger partial charge in [-0.25, -0.2) is 15.6 Å². The van der Waals surface area contributed by atoms with Gasteiger partial charge in [-0.2, -0.15) is 27.0 Å². The number of benzene rings is 2. The molecule has 0 aliphatic rings. The van der Waals surface area contributed by atoms with E-state index in [9.17, 15) is 31.8 Å². The first kappa shape index (κ1) is 26.5. The number of phenolic OH excluding ortho intramolecular Hbond substituents is 2. The van der Waals surface area contributed by atoms with E-state index in [1.807, 2.05) is 10.9 Å². The van der Waals surface area contributed by atoms with Gasteiger partial charge in [0.2, 0.25) is 0 Å². The van der Waals surface area contributed by atoms with Crippen LogP contribution in [0, 0.1) is 0 Å². The van der Waals surface area contributed by atoms with Gasteiger partial charge in [-0.1, -0.05) is 0 Å². The Morgan fingerprint density at radius 2 is 1.13 bits per heavy atom. The number of phenols is 2. The van der Waals surface area contributed by atoms with Crippen LogP contribution in [-0.2, 0) is 20.2 Å². The number of hydrazone groups is 2. The summed E-state index contributed by atoms with van der Waals surface area (Å²) in [7, 11) is -9.30. The summed E-state index contributed by atoms with van der Waals surface area (Å²) in [6.45, 7) is 0. The zero-order chi connectivity index (χ0) is 22.5. The number of hydrogen-bond donors (Lipinski definition) is 6. The summed E-state index contributed by atoms with van der Waals surface area (Å²) in [6.07, 6.45) is 2.05. The van der Waals surface area contributed by atoms with Gasteiger partial charge < -0.3 is 10.2 Å². The molecule has 0 saturated carbocycles. The van der Waals surface area contributed by atoms with Crippen LogP contribution in [0.2, 0.25) is 0 Å². The van der Waals surface area contributed by atoms with Crippen LogP contribution in [0.4, 0.5) is 4.79 Å². The van der Waals surface area contributed by atoms with Gasteiger partial charge in [-0.3, -0.25) is 9.11 Å². The molecule has 0 aromatic heterocycles. The van der Waals surface area contributed by atoms with E-state index in [0.717, 1.165) is 36.7 Å². The second-order valence-corrected chi connectivity index (χ2v) is 8.25. The maximum atomic E-state index is 11.6. The molecular formula is C15H14N4NaO9S2+. The molecule has 16 heteroatoms. The zero-order valence-electron chi connectivity index (χ0n) is 15.7. The molecule has 160 valence electrons. The number of carbonyl (C=O) groups is 1. The molecular weight excluding hydrogens is 467 g/mol. The molecule has 0 saturated heterocycles.